The van der Waals surface area contributed by atoms with E-state index in [1.54, 1.807) is 0 Å². The molecule has 1 rings (SSSR count). The number of hydrogen-bond acceptors (Lipinski definition) is 5. The first-order valence-corrected chi connectivity index (χ1v) is 3.79. The Labute approximate surface area is 68.1 Å². The molecule has 4 nitrogen and oxygen atoms in total. The maximum absolute atomic E-state index is 8.83. The summed E-state index contributed by atoms with van der Waals surface area (Å²) in [4.78, 5) is 0.740. The molecule has 1 aromatic rings. The second-order valence-corrected chi connectivity index (χ2v) is 2.89. The van der Waals surface area contributed by atoms with Crippen LogP contribution in [0.25, 0.3) is 0 Å². The summed E-state index contributed by atoms with van der Waals surface area (Å²) in [7, 11) is 0. The van der Waals surface area contributed by atoms with Crippen molar-refractivity contribution in [1.29, 1.82) is 5.26 Å². The van der Waals surface area contributed by atoms with Crippen molar-refractivity contribution in [2.24, 2.45) is 5.73 Å². The van der Waals surface area contributed by atoms with Crippen LogP contribution in [0.4, 0.5) is 0 Å². The van der Waals surface area contributed by atoms with Crippen LogP contribution in [0.2, 0.25) is 0 Å². The normalized spacial score (nSPS) is 12.4. The molecule has 0 spiro atoms. The molecule has 0 aromatic carbocycles. The molecule has 0 aliphatic heterocycles. The Morgan fingerprint density at radius 1 is 1.91 bits per heavy atom. The smallest absolute Gasteiger partial charge is 0.222 e. The molecule has 0 fully saturated rings. The Morgan fingerprint density at radius 3 is 3.09 bits per heavy atom. The average Bonchev–Trinajstić information content (AvgIpc) is 2.36. The summed E-state index contributed by atoms with van der Waals surface area (Å²) in [6.45, 7) is 0. The van der Waals surface area contributed by atoms with Gasteiger partial charge in [-0.1, -0.05) is 0 Å². The van der Waals surface area contributed by atoms with Gasteiger partial charge >= 0.3 is 0 Å². The second-order valence-electron chi connectivity index (χ2n) is 2.06. The zero-order chi connectivity index (χ0) is 8.27. The highest BCUT2D eigenvalue weighted by Gasteiger charge is 2.08. The lowest BCUT2D eigenvalue weighted by Crippen LogP contribution is -2.06. The van der Waals surface area contributed by atoms with Crippen molar-refractivity contribution in [3.05, 3.63) is 10.9 Å². The van der Waals surface area contributed by atoms with E-state index in [0.717, 1.165) is 16.4 Å². The average molecular weight is 169 g/mol. The highest BCUT2D eigenvalue weighted by atomic mass is 32.1. The van der Waals surface area contributed by atoms with Crippen molar-refractivity contribution < 1.29 is 5.11 Å². The van der Waals surface area contributed by atoms with Crippen molar-refractivity contribution in [3.8, 4) is 11.9 Å². The third-order valence-corrected chi connectivity index (χ3v) is 2.10. The molecule has 0 radical (unpaired) electrons. The largest absolute Gasteiger partial charge is 0.493 e. The molecular weight excluding hydrogens is 162 g/mol. The Morgan fingerprint density at radius 2 is 2.64 bits per heavy atom. The molecule has 0 saturated carbocycles. The summed E-state index contributed by atoms with van der Waals surface area (Å²) in [5.74, 6) is -0.0293. The quantitative estimate of drug-likeness (QED) is 0.684. The van der Waals surface area contributed by atoms with Gasteiger partial charge in [-0.25, -0.2) is 0 Å². The first kappa shape index (κ1) is 7.98. The standard InChI is InChI=1S/C6H7N3OS/c7-2-1-4(8)5-3-6(10)9-11-5/h3-4H,1,8H2,(H,9,10)/t4-/m1/s1. The van der Waals surface area contributed by atoms with E-state index in [9.17, 15) is 0 Å². The predicted octanol–water partition coefficient (Wildman–Crippen LogP) is 0.762. The number of nitrogens with two attached hydrogens (primary N) is 1. The Bertz CT molecular complexity index is 278. The Hall–Kier alpha value is -1.12. The van der Waals surface area contributed by atoms with E-state index < -0.39 is 0 Å². The van der Waals surface area contributed by atoms with Gasteiger partial charge in [-0.15, -0.1) is 0 Å². The first-order valence-electron chi connectivity index (χ1n) is 3.02. The topological polar surface area (TPSA) is 82.9 Å². The summed E-state index contributed by atoms with van der Waals surface area (Å²) < 4.78 is 3.63. The summed E-state index contributed by atoms with van der Waals surface area (Å²) >= 11 is 1.12. The monoisotopic (exact) mass is 169 g/mol. The van der Waals surface area contributed by atoms with Gasteiger partial charge in [0.15, 0.2) is 0 Å². The minimum atomic E-state index is -0.321. The van der Waals surface area contributed by atoms with Crippen molar-refractivity contribution in [2.45, 2.75) is 12.5 Å². The molecule has 5 heteroatoms. The van der Waals surface area contributed by atoms with E-state index in [2.05, 4.69) is 4.37 Å². The van der Waals surface area contributed by atoms with Crippen LogP contribution in [0.15, 0.2) is 6.07 Å². The molecule has 0 saturated heterocycles. The second kappa shape index (κ2) is 3.32. The number of aromatic nitrogens is 1. The van der Waals surface area contributed by atoms with Crippen LogP contribution in [0, 0.1) is 11.3 Å². The van der Waals surface area contributed by atoms with Crippen LogP contribution in [0.5, 0.6) is 5.88 Å². The number of hydrogen-bond donors (Lipinski definition) is 2. The van der Waals surface area contributed by atoms with Crippen LogP contribution in [-0.4, -0.2) is 9.48 Å². The molecule has 11 heavy (non-hydrogen) atoms. The van der Waals surface area contributed by atoms with Gasteiger partial charge in [0.05, 0.1) is 18.5 Å². The highest BCUT2D eigenvalue weighted by molar-refractivity contribution is 7.06. The lowest BCUT2D eigenvalue weighted by atomic mass is 10.2. The fourth-order valence-corrected chi connectivity index (χ4v) is 1.28. The van der Waals surface area contributed by atoms with Gasteiger partial charge in [-0.3, -0.25) is 0 Å². The number of aromatic hydroxyl groups is 1. The lowest BCUT2D eigenvalue weighted by molar-refractivity contribution is 0.459. The first-order chi connectivity index (χ1) is 5.24. The molecule has 0 unspecified atom stereocenters. The maximum Gasteiger partial charge on any atom is 0.222 e. The number of nitriles is 1. The van der Waals surface area contributed by atoms with E-state index >= 15 is 0 Å². The third kappa shape index (κ3) is 1.90. The van der Waals surface area contributed by atoms with E-state index in [1.807, 2.05) is 6.07 Å². The number of nitrogens with zero attached hydrogens (tertiary/aromatic N) is 2. The van der Waals surface area contributed by atoms with E-state index in [1.165, 1.54) is 6.07 Å². The number of rotatable bonds is 2. The minimum absolute atomic E-state index is 0.0293. The van der Waals surface area contributed by atoms with Gasteiger partial charge in [0.1, 0.15) is 0 Å². The van der Waals surface area contributed by atoms with Gasteiger partial charge < -0.3 is 10.8 Å². The SMILES string of the molecule is N#CC[C@@H](N)c1cc(O)ns1. The van der Waals surface area contributed by atoms with Crippen molar-refractivity contribution in [1.82, 2.24) is 4.37 Å². The van der Waals surface area contributed by atoms with Crippen LogP contribution >= 0.6 is 11.5 Å². The zero-order valence-corrected chi connectivity index (χ0v) is 6.51. The summed E-state index contributed by atoms with van der Waals surface area (Å²) in [5.41, 5.74) is 5.56. The Balaban J connectivity index is 2.70. The van der Waals surface area contributed by atoms with Crippen molar-refractivity contribution in [2.75, 3.05) is 0 Å². The molecular formula is C6H7N3OS. The van der Waals surface area contributed by atoms with Crippen LogP contribution in [0.1, 0.15) is 17.3 Å². The summed E-state index contributed by atoms with van der Waals surface area (Å²) in [6, 6.07) is 3.11. The Kier molecular flexibility index (Phi) is 2.41. The molecule has 1 aromatic heterocycles. The minimum Gasteiger partial charge on any atom is -0.493 e. The third-order valence-electron chi connectivity index (χ3n) is 1.19. The molecule has 3 N–H and O–H groups in total. The molecule has 0 aliphatic rings. The molecule has 0 bridgehead atoms. The van der Waals surface area contributed by atoms with E-state index in [0.29, 0.717) is 0 Å². The van der Waals surface area contributed by atoms with Crippen LogP contribution in [0.3, 0.4) is 0 Å². The van der Waals surface area contributed by atoms with Gasteiger partial charge in [0.25, 0.3) is 0 Å². The van der Waals surface area contributed by atoms with Crippen LogP contribution in [-0.2, 0) is 0 Å². The summed E-state index contributed by atoms with van der Waals surface area (Å²) in [5, 5.41) is 17.1. The lowest BCUT2D eigenvalue weighted by Gasteiger charge is -1.99. The molecule has 0 amide bonds. The predicted molar refractivity (Wildman–Crippen MR) is 40.9 cm³/mol. The molecule has 0 aliphatic carbocycles. The van der Waals surface area contributed by atoms with Gasteiger partial charge in [-0.05, 0) is 11.5 Å². The molecule has 1 heterocycles. The fourth-order valence-electron chi connectivity index (χ4n) is 0.653. The maximum atomic E-state index is 8.83. The molecule has 58 valence electrons. The zero-order valence-electron chi connectivity index (χ0n) is 5.69. The van der Waals surface area contributed by atoms with E-state index in [-0.39, 0.29) is 18.3 Å². The molecule has 1 atom stereocenters. The van der Waals surface area contributed by atoms with E-state index in [4.69, 9.17) is 16.1 Å². The van der Waals surface area contributed by atoms with Crippen molar-refractivity contribution in [3.63, 3.8) is 0 Å². The van der Waals surface area contributed by atoms with Gasteiger partial charge in [0, 0.05) is 10.9 Å². The van der Waals surface area contributed by atoms with Gasteiger partial charge in [0.2, 0.25) is 5.88 Å². The van der Waals surface area contributed by atoms with Crippen LogP contribution < -0.4 is 5.73 Å². The highest BCUT2D eigenvalue weighted by Crippen LogP contribution is 2.22. The van der Waals surface area contributed by atoms with Gasteiger partial charge in [-0.2, -0.15) is 9.64 Å². The fraction of sp³-hybridized carbons (Fsp3) is 0.333. The van der Waals surface area contributed by atoms with Crippen molar-refractivity contribution >= 4 is 11.5 Å². The summed E-state index contributed by atoms with van der Waals surface area (Å²) in [6.07, 6.45) is 0.252.